The van der Waals surface area contributed by atoms with Crippen LogP contribution in [0.15, 0.2) is 0 Å². The Morgan fingerprint density at radius 3 is 2.52 bits per heavy atom. The summed E-state index contributed by atoms with van der Waals surface area (Å²) in [6.45, 7) is 2.75. The van der Waals surface area contributed by atoms with E-state index in [-0.39, 0.29) is 5.79 Å². The fourth-order valence-corrected chi connectivity index (χ4v) is 5.35. The molecule has 4 unspecified atom stereocenters. The maximum atomic E-state index is 6.53. The largest absolute Gasteiger partial charge is 0.347 e. The highest BCUT2D eigenvalue weighted by Crippen LogP contribution is 2.42. The fraction of sp³-hybridized carbons (Fsp3) is 1.00. The molecule has 120 valence electrons. The standard InChI is InChI=1S/C17H30N2O2/c18-14-7-8-17(20-10-11-21-17)12-16(14)19-9-3-5-13-4-1-2-6-15(13)19/h13-16H,1-12,18H2. The molecule has 0 aromatic carbocycles. The Kier molecular flexibility index (Phi) is 3.99. The van der Waals surface area contributed by atoms with E-state index in [4.69, 9.17) is 15.2 Å². The number of ether oxygens (including phenoxy) is 2. The molecule has 2 aliphatic carbocycles. The van der Waals surface area contributed by atoms with Crippen LogP contribution in [0.2, 0.25) is 0 Å². The maximum Gasteiger partial charge on any atom is 0.170 e. The zero-order chi connectivity index (χ0) is 14.3. The lowest BCUT2D eigenvalue weighted by molar-refractivity contribution is -0.196. The third kappa shape index (κ3) is 2.65. The van der Waals surface area contributed by atoms with Crippen LogP contribution in [0.1, 0.15) is 57.8 Å². The second-order valence-electron chi connectivity index (χ2n) is 7.57. The molecule has 4 atom stereocenters. The average molecular weight is 294 g/mol. The summed E-state index contributed by atoms with van der Waals surface area (Å²) in [5.41, 5.74) is 6.53. The van der Waals surface area contributed by atoms with Crippen LogP contribution in [0.4, 0.5) is 0 Å². The molecule has 0 amide bonds. The van der Waals surface area contributed by atoms with Crippen molar-refractivity contribution in [2.75, 3.05) is 19.8 Å². The quantitative estimate of drug-likeness (QED) is 0.806. The molecule has 21 heavy (non-hydrogen) atoms. The Morgan fingerprint density at radius 1 is 0.905 bits per heavy atom. The molecule has 2 saturated carbocycles. The molecule has 2 aliphatic heterocycles. The molecule has 4 heteroatoms. The summed E-state index contributed by atoms with van der Waals surface area (Å²) >= 11 is 0. The van der Waals surface area contributed by atoms with Gasteiger partial charge < -0.3 is 15.2 Å². The number of fused-ring (bicyclic) bond motifs is 1. The molecule has 0 aromatic heterocycles. The van der Waals surface area contributed by atoms with Crippen molar-refractivity contribution in [1.29, 1.82) is 0 Å². The van der Waals surface area contributed by atoms with Gasteiger partial charge in [0.05, 0.1) is 13.2 Å². The number of hydrogen-bond acceptors (Lipinski definition) is 4. The minimum Gasteiger partial charge on any atom is -0.347 e. The molecule has 4 fully saturated rings. The Morgan fingerprint density at radius 2 is 1.67 bits per heavy atom. The number of nitrogens with two attached hydrogens (primary N) is 1. The highest BCUT2D eigenvalue weighted by Gasteiger charge is 2.48. The van der Waals surface area contributed by atoms with E-state index in [1.54, 1.807) is 0 Å². The minimum absolute atomic E-state index is 0.295. The van der Waals surface area contributed by atoms with Crippen molar-refractivity contribution in [3.05, 3.63) is 0 Å². The summed E-state index contributed by atoms with van der Waals surface area (Å²) in [5.74, 6) is 0.616. The summed E-state index contributed by atoms with van der Waals surface area (Å²) in [6, 6.07) is 1.53. The molecule has 2 N–H and O–H groups in total. The molecule has 4 nitrogen and oxygen atoms in total. The van der Waals surface area contributed by atoms with Gasteiger partial charge in [0, 0.05) is 31.0 Å². The molecule has 0 radical (unpaired) electrons. The first-order valence-corrected chi connectivity index (χ1v) is 9.07. The van der Waals surface area contributed by atoms with Gasteiger partial charge >= 0.3 is 0 Å². The van der Waals surface area contributed by atoms with Crippen LogP contribution in [0.3, 0.4) is 0 Å². The van der Waals surface area contributed by atoms with Crippen LogP contribution >= 0.6 is 0 Å². The van der Waals surface area contributed by atoms with Crippen LogP contribution in [0.25, 0.3) is 0 Å². The van der Waals surface area contributed by atoms with Gasteiger partial charge in [0.25, 0.3) is 0 Å². The second-order valence-corrected chi connectivity index (χ2v) is 7.57. The predicted octanol–water partition coefficient (Wildman–Crippen LogP) is 2.26. The SMILES string of the molecule is NC1CCC2(CC1N1CCCC3CCCCC31)OCCO2. The second kappa shape index (κ2) is 5.80. The smallest absolute Gasteiger partial charge is 0.170 e. The van der Waals surface area contributed by atoms with Crippen molar-refractivity contribution < 1.29 is 9.47 Å². The van der Waals surface area contributed by atoms with E-state index in [9.17, 15) is 0 Å². The third-order valence-corrected chi connectivity index (χ3v) is 6.40. The lowest BCUT2D eigenvalue weighted by Crippen LogP contribution is -2.61. The predicted molar refractivity (Wildman–Crippen MR) is 81.9 cm³/mol. The van der Waals surface area contributed by atoms with Gasteiger partial charge in [-0.25, -0.2) is 0 Å². The van der Waals surface area contributed by atoms with Crippen molar-refractivity contribution in [2.24, 2.45) is 11.7 Å². The zero-order valence-corrected chi connectivity index (χ0v) is 13.1. The van der Waals surface area contributed by atoms with Crippen molar-refractivity contribution in [2.45, 2.75) is 81.7 Å². The number of piperidine rings is 1. The number of nitrogens with zero attached hydrogens (tertiary/aromatic N) is 1. The topological polar surface area (TPSA) is 47.7 Å². The molecule has 0 bridgehead atoms. The van der Waals surface area contributed by atoms with Crippen LogP contribution in [-0.2, 0) is 9.47 Å². The molecule has 2 saturated heterocycles. The Balaban J connectivity index is 1.52. The monoisotopic (exact) mass is 294 g/mol. The Hall–Kier alpha value is -0.160. The van der Waals surface area contributed by atoms with Crippen molar-refractivity contribution in [3.8, 4) is 0 Å². The summed E-state index contributed by atoms with van der Waals surface area (Å²) in [6.07, 6.45) is 11.4. The van der Waals surface area contributed by atoms with Gasteiger partial charge in [-0.15, -0.1) is 0 Å². The van der Waals surface area contributed by atoms with Gasteiger partial charge in [-0.3, -0.25) is 4.90 Å². The highest BCUT2D eigenvalue weighted by atomic mass is 16.7. The van der Waals surface area contributed by atoms with E-state index in [0.29, 0.717) is 12.1 Å². The molecular weight excluding hydrogens is 264 g/mol. The first-order chi connectivity index (χ1) is 10.3. The summed E-state index contributed by atoms with van der Waals surface area (Å²) < 4.78 is 12.0. The van der Waals surface area contributed by atoms with Crippen LogP contribution in [-0.4, -0.2) is 48.6 Å². The molecular formula is C17H30N2O2. The number of hydrogen-bond donors (Lipinski definition) is 1. The van der Waals surface area contributed by atoms with Gasteiger partial charge in [-0.1, -0.05) is 12.8 Å². The van der Waals surface area contributed by atoms with E-state index in [2.05, 4.69) is 4.90 Å². The minimum atomic E-state index is -0.303. The van der Waals surface area contributed by atoms with E-state index < -0.39 is 0 Å². The fourth-order valence-electron chi connectivity index (χ4n) is 5.35. The first kappa shape index (κ1) is 14.4. The van der Waals surface area contributed by atoms with E-state index in [1.807, 2.05) is 0 Å². The summed E-state index contributed by atoms with van der Waals surface area (Å²) in [7, 11) is 0. The Bertz CT molecular complexity index is 368. The molecule has 4 rings (SSSR count). The average Bonchev–Trinajstić information content (AvgIpc) is 2.98. The maximum absolute atomic E-state index is 6.53. The molecule has 1 spiro atoms. The molecule has 0 aromatic rings. The van der Waals surface area contributed by atoms with Gasteiger partial charge in [0.1, 0.15) is 0 Å². The molecule has 2 heterocycles. The normalized spacial score (nSPS) is 43.9. The van der Waals surface area contributed by atoms with Crippen LogP contribution in [0, 0.1) is 5.92 Å². The zero-order valence-electron chi connectivity index (χ0n) is 13.1. The van der Waals surface area contributed by atoms with Gasteiger partial charge in [-0.05, 0) is 44.6 Å². The van der Waals surface area contributed by atoms with E-state index in [0.717, 1.165) is 44.4 Å². The number of likely N-dealkylation sites (tertiary alicyclic amines) is 1. The Labute approximate surface area is 128 Å². The van der Waals surface area contributed by atoms with Gasteiger partial charge in [0.15, 0.2) is 5.79 Å². The van der Waals surface area contributed by atoms with E-state index >= 15 is 0 Å². The number of rotatable bonds is 1. The summed E-state index contributed by atoms with van der Waals surface area (Å²) in [5, 5.41) is 0. The van der Waals surface area contributed by atoms with Gasteiger partial charge in [0.2, 0.25) is 0 Å². The first-order valence-electron chi connectivity index (χ1n) is 9.07. The van der Waals surface area contributed by atoms with E-state index in [1.165, 1.54) is 45.1 Å². The van der Waals surface area contributed by atoms with Crippen LogP contribution in [0.5, 0.6) is 0 Å². The summed E-state index contributed by atoms with van der Waals surface area (Å²) in [4.78, 5) is 2.77. The highest BCUT2D eigenvalue weighted by molar-refractivity contribution is 4.99. The molecule has 4 aliphatic rings. The van der Waals surface area contributed by atoms with Crippen molar-refractivity contribution in [3.63, 3.8) is 0 Å². The van der Waals surface area contributed by atoms with Gasteiger partial charge in [-0.2, -0.15) is 0 Å². The van der Waals surface area contributed by atoms with Crippen molar-refractivity contribution in [1.82, 2.24) is 4.90 Å². The lowest BCUT2D eigenvalue weighted by Gasteiger charge is -2.52. The van der Waals surface area contributed by atoms with Crippen molar-refractivity contribution >= 4 is 0 Å². The van der Waals surface area contributed by atoms with Crippen LogP contribution < -0.4 is 5.73 Å². The lowest BCUT2D eigenvalue weighted by atomic mass is 9.75. The third-order valence-electron chi connectivity index (χ3n) is 6.40.